The number of piperazine rings is 1. The fourth-order valence-electron chi connectivity index (χ4n) is 2.53. The van der Waals surface area contributed by atoms with Gasteiger partial charge in [0.2, 0.25) is 5.91 Å². The van der Waals surface area contributed by atoms with Crippen molar-refractivity contribution < 1.29 is 4.79 Å². The normalized spacial score (nSPS) is 30.5. The predicted octanol–water partition coefficient (Wildman–Crippen LogP) is -0.0512. The molecule has 0 saturated carbocycles. The molecule has 0 aromatic heterocycles. The first-order valence-corrected chi connectivity index (χ1v) is 5.87. The highest BCUT2D eigenvalue weighted by Crippen LogP contribution is 2.28. The number of amides is 1. The molecule has 2 aliphatic rings. The van der Waals surface area contributed by atoms with Gasteiger partial charge in [0, 0.05) is 31.7 Å². The zero-order valence-corrected chi connectivity index (χ0v) is 9.68. The lowest BCUT2D eigenvalue weighted by atomic mass is 10.0. The third kappa shape index (κ3) is 2.16. The molecule has 0 radical (unpaired) electrons. The molecule has 2 heterocycles. The van der Waals surface area contributed by atoms with Crippen molar-refractivity contribution in [1.82, 2.24) is 15.5 Å². The zero-order chi connectivity index (χ0) is 10.9. The number of likely N-dealkylation sites (tertiary alicyclic amines) is 1. The van der Waals surface area contributed by atoms with E-state index in [-0.39, 0.29) is 17.5 Å². The number of nitrogens with one attached hydrogen (secondary N) is 2. The topological polar surface area (TPSA) is 44.4 Å². The summed E-state index contributed by atoms with van der Waals surface area (Å²) in [5, 5.41) is 6.54. The summed E-state index contributed by atoms with van der Waals surface area (Å²) in [6.07, 6.45) is 2.26. The van der Waals surface area contributed by atoms with E-state index < -0.39 is 0 Å². The fourth-order valence-corrected chi connectivity index (χ4v) is 2.53. The van der Waals surface area contributed by atoms with Crippen molar-refractivity contribution in [3.63, 3.8) is 0 Å². The minimum absolute atomic E-state index is 0.0175. The van der Waals surface area contributed by atoms with E-state index in [9.17, 15) is 4.79 Å². The molecule has 4 heteroatoms. The molecule has 0 spiro atoms. The standard InChI is InChI=1S/C11H21N3O/c1-11(2)4-3-7-14(11)10(15)9-8-12-5-6-13-9/h9,12-13H,3-8H2,1-2H3. The van der Waals surface area contributed by atoms with Crippen LogP contribution in [0.4, 0.5) is 0 Å². The molecular formula is C11H21N3O. The second-order valence-corrected chi connectivity index (χ2v) is 5.12. The SMILES string of the molecule is CC1(C)CCCN1C(=O)C1CNCCN1. The average Bonchev–Trinajstić information content (AvgIpc) is 2.58. The summed E-state index contributed by atoms with van der Waals surface area (Å²) in [6, 6.07) is -0.0175. The van der Waals surface area contributed by atoms with Crippen LogP contribution in [0.2, 0.25) is 0 Å². The Bertz CT molecular complexity index is 246. The molecule has 2 aliphatic heterocycles. The Kier molecular flexibility index (Phi) is 2.98. The van der Waals surface area contributed by atoms with Crippen LogP contribution in [-0.2, 0) is 4.79 Å². The van der Waals surface area contributed by atoms with Crippen LogP contribution in [0.25, 0.3) is 0 Å². The number of rotatable bonds is 1. The van der Waals surface area contributed by atoms with E-state index in [1.54, 1.807) is 0 Å². The van der Waals surface area contributed by atoms with Gasteiger partial charge in [-0.1, -0.05) is 0 Å². The Morgan fingerprint density at radius 3 is 2.73 bits per heavy atom. The van der Waals surface area contributed by atoms with Gasteiger partial charge in [0.05, 0.1) is 6.04 Å². The molecule has 0 aromatic carbocycles. The number of carbonyl (C=O) groups is 1. The van der Waals surface area contributed by atoms with Gasteiger partial charge in [-0.15, -0.1) is 0 Å². The largest absolute Gasteiger partial charge is 0.336 e. The van der Waals surface area contributed by atoms with E-state index in [4.69, 9.17) is 0 Å². The van der Waals surface area contributed by atoms with Gasteiger partial charge in [0.25, 0.3) is 0 Å². The number of nitrogens with zero attached hydrogens (tertiary/aromatic N) is 1. The Hall–Kier alpha value is -0.610. The van der Waals surface area contributed by atoms with Crippen molar-refractivity contribution >= 4 is 5.91 Å². The van der Waals surface area contributed by atoms with Crippen molar-refractivity contribution in [2.45, 2.75) is 38.3 Å². The Morgan fingerprint density at radius 1 is 1.40 bits per heavy atom. The van der Waals surface area contributed by atoms with Gasteiger partial charge in [0.15, 0.2) is 0 Å². The summed E-state index contributed by atoms with van der Waals surface area (Å²) in [5.74, 6) is 0.268. The van der Waals surface area contributed by atoms with Gasteiger partial charge in [-0.25, -0.2) is 0 Å². The van der Waals surface area contributed by atoms with Crippen LogP contribution >= 0.6 is 0 Å². The predicted molar refractivity (Wildman–Crippen MR) is 59.7 cm³/mol. The van der Waals surface area contributed by atoms with Crippen molar-refractivity contribution in [3.05, 3.63) is 0 Å². The summed E-state index contributed by atoms with van der Waals surface area (Å²) < 4.78 is 0. The number of carbonyl (C=O) groups excluding carboxylic acids is 1. The first-order valence-electron chi connectivity index (χ1n) is 5.87. The first-order chi connectivity index (χ1) is 7.11. The maximum atomic E-state index is 12.2. The molecule has 2 saturated heterocycles. The molecule has 2 rings (SSSR count). The van der Waals surface area contributed by atoms with Crippen molar-refractivity contribution in [1.29, 1.82) is 0 Å². The Balaban J connectivity index is 2.00. The summed E-state index contributed by atoms with van der Waals surface area (Å²) in [7, 11) is 0. The van der Waals surface area contributed by atoms with Gasteiger partial charge in [-0.3, -0.25) is 4.79 Å². The second kappa shape index (κ2) is 4.10. The summed E-state index contributed by atoms with van der Waals surface area (Å²) >= 11 is 0. The van der Waals surface area contributed by atoms with Crippen LogP contribution < -0.4 is 10.6 Å². The Labute approximate surface area is 91.4 Å². The van der Waals surface area contributed by atoms with E-state index in [2.05, 4.69) is 24.5 Å². The molecule has 1 amide bonds. The highest BCUT2D eigenvalue weighted by atomic mass is 16.2. The van der Waals surface area contributed by atoms with Crippen LogP contribution in [0.3, 0.4) is 0 Å². The second-order valence-electron chi connectivity index (χ2n) is 5.12. The minimum atomic E-state index is -0.0175. The molecule has 2 fully saturated rings. The first kappa shape index (κ1) is 10.9. The molecule has 15 heavy (non-hydrogen) atoms. The molecule has 1 unspecified atom stereocenters. The van der Waals surface area contributed by atoms with Crippen LogP contribution in [0.1, 0.15) is 26.7 Å². The Morgan fingerprint density at radius 2 is 2.20 bits per heavy atom. The number of hydrogen-bond donors (Lipinski definition) is 2. The highest BCUT2D eigenvalue weighted by molar-refractivity contribution is 5.83. The molecule has 1 atom stereocenters. The van der Waals surface area contributed by atoms with Crippen LogP contribution in [-0.4, -0.2) is 48.6 Å². The van der Waals surface area contributed by atoms with Crippen LogP contribution in [0.5, 0.6) is 0 Å². The third-order valence-corrected chi connectivity index (χ3v) is 3.51. The van der Waals surface area contributed by atoms with E-state index in [1.807, 2.05) is 4.90 Å². The van der Waals surface area contributed by atoms with Gasteiger partial charge < -0.3 is 15.5 Å². The smallest absolute Gasteiger partial charge is 0.241 e. The van der Waals surface area contributed by atoms with Gasteiger partial charge >= 0.3 is 0 Å². The molecule has 0 aliphatic carbocycles. The monoisotopic (exact) mass is 211 g/mol. The lowest BCUT2D eigenvalue weighted by Crippen LogP contribution is -2.58. The van der Waals surface area contributed by atoms with Crippen LogP contribution in [0.15, 0.2) is 0 Å². The lowest BCUT2D eigenvalue weighted by Gasteiger charge is -2.36. The maximum absolute atomic E-state index is 12.2. The zero-order valence-electron chi connectivity index (χ0n) is 9.68. The molecule has 4 nitrogen and oxygen atoms in total. The number of hydrogen-bond acceptors (Lipinski definition) is 3. The maximum Gasteiger partial charge on any atom is 0.241 e. The van der Waals surface area contributed by atoms with E-state index in [0.29, 0.717) is 0 Å². The molecular weight excluding hydrogens is 190 g/mol. The van der Waals surface area contributed by atoms with Crippen molar-refractivity contribution in [3.8, 4) is 0 Å². The van der Waals surface area contributed by atoms with Crippen molar-refractivity contribution in [2.24, 2.45) is 0 Å². The molecule has 0 aromatic rings. The lowest BCUT2D eigenvalue weighted by molar-refractivity contribution is -0.136. The molecule has 2 N–H and O–H groups in total. The molecule has 86 valence electrons. The quantitative estimate of drug-likeness (QED) is 0.639. The fraction of sp³-hybridized carbons (Fsp3) is 0.909. The van der Waals surface area contributed by atoms with Gasteiger partial charge in [-0.05, 0) is 26.7 Å². The van der Waals surface area contributed by atoms with Crippen LogP contribution in [0, 0.1) is 0 Å². The van der Waals surface area contributed by atoms with E-state index in [1.165, 1.54) is 0 Å². The van der Waals surface area contributed by atoms with Crippen molar-refractivity contribution in [2.75, 3.05) is 26.2 Å². The molecule has 0 bridgehead atoms. The highest BCUT2D eigenvalue weighted by Gasteiger charge is 2.38. The van der Waals surface area contributed by atoms with E-state index in [0.717, 1.165) is 39.0 Å². The van der Waals surface area contributed by atoms with Gasteiger partial charge in [-0.2, -0.15) is 0 Å². The van der Waals surface area contributed by atoms with Gasteiger partial charge in [0.1, 0.15) is 0 Å². The van der Waals surface area contributed by atoms with E-state index >= 15 is 0 Å². The third-order valence-electron chi connectivity index (χ3n) is 3.51. The summed E-state index contributed by atoms with van der Waals surface area (Å²) in [6.45, 7) is 7.87. The minimum Gasteiger partial charge on any atom is -0.336 e. The summed E-state index contributed by atoms with van der Waals surface area (Å²) in [5.41, 5.74) is 0.0518. The average molecular weight is 211 g/mol. The summed E-state index contributed by atoms with van der Waals surface area (Å²) in [4.78, 5) is 14.3.